The van der Waals surface area contributed by atoms with Crippen molar-refractivity contribution in [2.45, 2.75) is 39.0 Å². The van der Waals surface area contributed by atoms with Crippen molar-refractivity contribution in [2.75, 3.05) is 7.11 Å². The molecular formula is C17H21NO3. The highest BCUT2D eigenvalue weighted by atomic mass is 16.5. The van der Waals surface area contributed by atoms with E-state index in [-0.39, 0.29) is 0 Å². The SMILES string of the molecule is COc1cc(C)ccc1OCc1ccoc1CNC1CC1. The van der Waals surface area contributed by atoms with Gasteiger partial charge in [-0.25, -0.2) is 0 Å². The summed E-state index contributed by atoms with van der Waals surface area (Å²) in [5.74, 6) is 2.47. The van der Waals surface area contributed by atoms with Gasteiger partial charge in [-0.15, -0.1) is 0 Å². The predicted octanol–water partition coefficient (Wildman–Crippen LogP) is 3.43. The van der Waals surface area contributed by atoms with Crippen LogP contribution in [0.25, 0.3) is 0 Å². The third-order valence-corrected chi connectivity index (χ3v) is 3.67. The van der Waals surface area contributed by atoms with Crippen LogP contribution >= 0.6 is 0 Å². The third kappa shape index (κ3) is 3.58. The molecule has 4 heteroatoms. The molecule has 1 aliphatic carbocycles. The van der Waals surface area contributed by atoms with Gasteiger partial charge in [-0.3, -0.25) is 0 Å². The van der Waals surface area contributed by atoms with Crippen LogP contribution in [0.1, 0.15) is 29.7 Å². The summed E-state index contributed by atoms with van der Waals surface area (Å²) in [6.45, 7) is 3.28. The molecule has 0 radical (unpaired) electrons. The van der Waals surface area contributed by atoms with Crippen LogP contribution in [0.2, 0.25) is 0 Å². The van der Waals surface area contributed by atoms with E-state index in [2.05, 4.69) is 5.32 Å². The molecule has 112 valence electrons. The highest BCUT2D eigenvalue weighted by Gasteiger charge is 2.21. The summed E-state index contributed by atoms with van der Waals surface area (Å²) in [7, 11) is 1.66. The van der Waals surface area contributed by atoms with Crippen molar-refractivity contribution in [2.24, 2.45) is 0 Å². The van der Waals surface area contributed by atoms with Crippen molar-refractivity contribution in [1.29, 1.82) is 0 Å². The minimum Gasteiger partial charge on any atom is -0.493 e. The first-order valence-electron chi connectivity index (χ1n) is 7.32. The molecule has 1 fully saturated rings. The van der Waals surface area contributed by atoms with Gasteiger partial charge in [-0.1, -0.05) is 6.07 Å². The molecule has 0 spiro atoms. The van der Waals surface area contributed by atoms with Crippen LogP contribution in [-0.2, 0) is 13.2 Å². The lowest BCUT2D eigenvalue weighted by atomic mass is 10.2. The second kappa shape index (κ2) is 6.22. The molecule has 2 aromatic rings. The molecule has 1 aliphatic rings. The molecular weight excluding hydrogens is 266 g/mol. The molecule has 0 amide bonds. The van der Waals surface area contributed by atoms with Crippen molar-refractivity contribution < 1.29 is 13.9 Å². The Labute approximate surface area is 125 Å². The Morgan fingerprint density at radius 3 is 2.86 bits per heavy atom. The normalized spacial score (nSPS) is 14.2. The van der Waals surface area contributed by atoms with E-state index in [0.29, 0.717) is 12.6 Å². The number of ether oxygens (including phenoxy) is 2. The Morgan fingerprint density at radius 1 is 1.24 bits per heavy atom. The summed E-state index contributed by atoms with van der Waals surface area (Å²) >= 11 is 0. The van der Waals surface area contributed by atoms with Gasteiger partial charge in [0, 0.05) is 11.6 Å². The number of furan rings is 1. The molecule has 1 saturated carbocycles. The minimum atomic E-state index is 0.484. The van der Waals surface area contributed by atoms with Crippen molar-refractivity contribution in [3.05, 3.63) is 47.4 Å². The molecule has 1 aromatic carbocycles. The summed E-state index contributed by atoms with van der Waals surface area (Å²) in [5, 5.41) is 3.45. The number of benzene rings is 1. The fourth-order valence-electron chi connectivity index (χ4n) is 2.22. The summed E-state index contributed by atoms with van der Waals surface area (Å²) < 4.78 is 16.8. The quantitative estimate of drug-likeness (QED) is 0.847. The van der Waals surface area contributed by atoms with Crippen LogP contribution in [0.4, 0.5) is 0 Å². The molecule has 0 atom stereocenters. The zero-order valence-corrected chi connectivity index (χ0v) is 12.5. The number of nitrogens with one attached hydrogen (secondary N) is 1. The maximum absolute atomic E-state index is 5.88. The van der Waals surface area contributed by atoms with Crippen LogP contribution in [0.3, 0.4) is 0 Å². The molecule has 0 bridgehead atoms. The topological polar surface area (TPSA) is 43.6 Å². The predicted molar refractivity (Wildman–Crippen MR) is 80.6 cm³/mol. The zero-order valence-electron chi connectivity index (χ0n) is 12.5. The first-order valence-corrected chi connectivity index (χ1v) is 7.32. The fraction of sp³-hybridized carbons (Fsp3) is 0.412. The van der Waals surface area contributed by atoms with E-state index >= 15 is 0 Å². The molecule has 21 heavy (non-hydrogen) atoms. The highest BCUT2D eigenvalue weighted by Crippen LogP contribution is 2.29. The Bertz CT molecular complexity index is 602. The molecule has 1 N–H and O–H groups in total. The molecule has 4 nitrogen and oxygen atoms in total. The van der Waals surface area contributed by atoms with Gasteiger partial charge in [0.15, 0.2) is 11.5 Å². The van der Waals surface area contributed by atoms with Gasteiger partial charge in [-0.2, -0.15) is 0 Å². The third-order valence-electron chi connectivity index (χ3n) is 3.67. The van der Waals surface area contributed by atoms with Gasteiger partial charge in [0.1, 0.15) is 12.4 Å². The van der Waals surface area contributed by atoms with Crippen LogP contribution in [0.5, 0.6) is 11.5 Å². The van der Waals surface area contributed by atoms with Crippen molar-refractivity contribution in [3.63, 3.8) is 0 Å². The molecule has 1 heterocycles. The first kappa shape index (κ1) is 14.0. The summed E-state index contributed by atoms with van der Waals surface area (Å²) in [5.41, 5.74) is 2.22. The van der Waals surface area contributed by atoms with Crippen molar-refractivity contribution in [1.82, 2.24) is 5.32 Å². The number of methoxy groups -OCH3 is 1. The second-order valence-electron chi connectivity index (χ2n) is 5.47. The lowest BCUT2D eigenvalue weighted by molar-refractivity contribution is 0.281. The standard InChI is InChI=1S/C17H21NO3/c1-12-3-6-15(16(9-12)19-2)21-11-13-7-8-20-17(13)10-18-14-4-5-14/h3,6-9,14,18H,4-5,10-11H2,1-2H3. The van der Waals surface area contributed by atoms with Crippen LogP contribution < -0.4 is 14.8 Å². The van der Waals surface area contributed by atoms with Crippen LogP contribution in [-0.4, -0.2) is 13.2 Å². The molecule has 1 aromatic heterocycles. The molecule has 3 rings (SSSR count). The van der Waals surface area contributed by atoms with Gasteiger partial charge in [0.05, 0.1) is 19.9 Å². The van der Waals surface area contributed by atoms with Gasteiger partial charge in [-0.05, 0) is 43.5 Å². The van der Waals surface area contributed by atoms with Gasteiger partial charge >= 0.3 is 0 Å². The maximum Gasteiger partial charge on any atom is 0.161 e. The largest absolute Gasteiger partial charge is 0.493 e. The Hall–Kier alpha value is -1.94. The van der Waals surface area contributed by atoms with E-state index in [9.17, 15) is 0 Å². The lowest BCUT2D eigenvalue weighted by Crippen LogP contribution is -2.16. The number of rotatable bonds is 7. The monoisotopic (exact) mass is 287 g/mol. The smallest absolute Gasteiger partial charge is 0.161 e. The first-order chi connectivity index (χ1) is 10.3. The Morgan fingerprint density at radius 2 is 2.10 bits per heavy atom. The second-order valence-corrected chi connectivity index (χ2v) is 5.47. The zero-order chi connectivity index (χ0) is 14.7. The fourth-order valence-corrected chi connectivity index (χ4v) is 2.22. The lowest BCUT2D eigenvalue weighted by Gasteiger charge is -2.11. The van der Waals surface area contributed by atoms with E-state index in [1.807, 2.05) is 31.2 Å². The average molecular weight is 287 g/mol. The van der Waals surface area contributed by atoms with Crippen molar-refractivity contribution >= 4 is 0 Å². The number of hydrogen-bond donors (Lipinski definition) is 1. The highest BCUT2D eigenvalue weighted by molar-refractivity contribution is 5.42. The Kier molecular flexibility index (Phi) is 4.15. The van der Waals surface area contributed by atoms with E-state index in [4.69, 9.17) is 13.9 Å². The van der Waals surface area contributed by atoms with E-state index in [0.717, 1.165) is 34.9 Å². The summed E-state index contributed by atoms with van der Waals surface area (Å²) in [4.78, 5) is 0. The van der Waals surface area contributed by atoms with Gasteiger partial charge in [0.2, 0.25) is 0 Å². The average Bonchev–Trinajstić information content (AvgIpc) is 3.22. The number of aryl methyl sites for hydroxylation is 1. The minimum absolute atomic E-state index is 0.484. The van der Waals surface area contributed by atoms with Crippen LogP contribution in [0, 0.1) is 6.92 Å². The van der Waals surface area contributed by atoms with E-state index in [1.165, 1.54) is 12.8 Å². The molecule has 0 unspecified atom stereocenters. The molecule has 0 saturated heterocycles. The Balaban J connectivity index is 1.63. The van der Waals surface area contributed by atoms with Crippen molar-refractivity contribution in [3.8, 4) is 11.5 Å². The van der Waals surface area contributed by atoms with Gasteiger partial charge in [0.25, 0.3) is 0 Å². The summed E-state index contributed by atoms with van der Waals surface area (Å²) in [6.07, 6.45) is 4.26. The van der Waals surface area contributed by atoms with Crippen LogP contribution in [0.15, 0.2) is 34.9 Å². The molecule has 0 aliphatic heterocycles. The van der Waals surface area contributed by atoms with E-state index in [1.54, 1.807) is 13.4 Å². The maximum atomic E-state index is 5.88. The number of hydrogen-bond acceptors (Lipinski definition) is 4. The van der Waals surface area contributed by atoms with Gasteiger partial charge < -0.3 is 19.2 Å². The van der Waals surface area contributed by atoms with E-state index < -0.39 is 0 Å². The summed E-state index contributed by atoms with van der Waals surface area (Å²) in [6, 6.07) is 8.56.